The minimum absolute atomic E-state index is 0.0136. The molecule has 0 bridgehead atoms. The molecule has 180 valence electrons. The number of phenolic OH excluding ortho intramolecular Hbond substituents is 1. The van der Waals surface area contributed by atoms with Crippen LogP contribution in [0.3, 0.4) is 0 Å². The summed E-state index contributed by atoms with van der Waals surface area (Å²) in [5.41, 5.74) is 0.565. The third kappa shape index (κ3) is 3.14. The Morgan fingerprint density at radius 1 is 1.20 bits per heavy atom. The predicted molar refractivity (Wildman–Crippen MR) is 128 cm³/mol. The fourth-order valence-corrected chi connectivity index (χ4v) is 5.49. The van der Waals surface area contributed by atoms with Crippen LogP contribution < -0.4 is 9.64 Å². The van der Waals surface area contributed by atoms with Crippen LogP contribution >= 0.6 is 0 Å². The summed E-state index contributed by atoms with van der Waals surface area (Å²) in [4.78, 5) is 15.1. The third-order valence-electron chi connectivity index (χ3n) is 7.52. The highest BCUT2D eigenvalue weighted by Gasteiger charge is 2.54. The fraction of sp³-hybridized carbons (Fsp3) is 0.346. The average molecular weight is 478 g/mol. The summed E-state index contributed by atoms with van der Waals surface area (Å²) < 4.78 is 36.0. The molecule has 1 atom stereocenters. The maximum absolute atomic E-state index is 16.1. The second-order valence-electron chi connectivity index (χ2n) is 9.46. The van der Waals surface area contributed by atoms with E-state index < -0.39 is 11.6 Å². The number of ether oxygens (including phenoxy) is 1. The van der Waals surface area contributed by atoms with Crippen LogP contribution in [-0.4, -0.2) is 51.5 Å². The molecule has 2 fully saturated rings. The van der Waals surface area contributed by atoms with Gasteiger partial charge >= 0.3 is 6.01 Å². The molecule has 1 saturated carbocycles. The van der Waals surface area contributed by atoms with Crippen molar-refractivity contribution in [1.82, 2.24) is 15.0 Å². The predicted octanol–water partition coefficient (Wildman–Crippen LogP) is 4.36. The topological polar surface area (TPSA) is 91.6 Å². The SMILES string of the molecule is CCc1c(F)ccc2cc(O)cc(-c3ncc4c(N5CC6(CCC6O)C5)nc(OC)nc4c3F)c12. The number of aromatic nitrogens is 3. The lowest BCUT2D eigenvalue weighted by Gasteiger charge is -2.59. The Balaban J connectivity index is 1.55. The van der Waals surface area contributed by atoms with Crippen molar-refractivity contribution < 1.29 is 23.7 Å². The number of aliphatic hydroxyl groups excluding tert-OH is 1. The van der Waals surface area contributed by atoms with Crippen molar-refractivity contribution in [3.63, 3.8) is 0 Å². The van der Waals surface area contributed by atoms with Crippen molar-refractivity contribution in [2.45, 2.75) is 32.3 Å². The normalized spacial score (nSPS) is 18.7. The number of pyridine rings is 1. The van der Waals surface area contributed by atoms with E-state index >= 15 is 4.39 Å². The van der Waals surface area contributed by atoms with Gasteiger partial charge in [-0.3, -0.25) is 4.98 Å². The van der Waals surface area contributed by atoms with Crippen LogP contribution in [0, 0.1) is 17.0 Å². The van der Waals surface area contributed by atoms with Crippen molar-refractivity contribution in [3.8, 4) is 23.0 Å². The second-order valence-corrected chi connectivity index (χ2v) is 9.46. The van der Waals surface area contributed by atoms with Gasteiger partial charge in [-0.25, -0.2) is 8.78 Å². The standard InChI is InChI=1S/C26H24F2N4O3/c1-3-15-18(27)5-4-13-8-14(33)9-16(20(13)15)22-21(28)23-17(10-29-22)24(31-25(30-23)35-2)32-11-26(12-32)7-6-19(26)34/h4-5,8-10,19,33-34H,3,6-7,11-12H2,1-2H3. The Hall–Kier alpha value is -3.59. The summed E-state index contributed by atoms with van der Waals surface area (Å²) in [5, 5.41) is 22.0. The molecule has 2 aromatic heterocycles. The molecule has 2 N–H and O–H groups in total. The molecule has 1 aliphatic heterocycles. The number of phenols is 1. The third-order valence-corrected chi connectivity index (χ3v) is 7.52. The van der Waals surface area contributed by atoms with E-state index in [4.69, 9.17) is 4.74 Å². The van der Waals surface area contributed by atoms with Gasteiger partial charge in [-0.2, -0.15) is 9.97 Å². The van der Waals surface area contributed by atoms with E-state index in [9.17, 15) is 14.6 Å². The van der Waals surface area contributed by atoms with E-state index in [-0.39, 0.29) is 40.1 Å². The van der Waals surface area contributed by atoms with E-state index in [1.807, 2.05) is 11.8 Å². The molecule has 0 radical (unpaired) electrons. The highest BCUT2D eigenvalue weighted by atomic mass is 19.1. The van der Waals surface area contributed by atoms with Crippen LogP contribution in [0.2, 0.25) is 0 Å². The lowest BCUT2D eigenvalue weighted by Crippen LogP contribution is -2.67. The number of aryl methyl sites for hydroxylation is 1. The number of fused-ring (bicyclic) bond motifs is 2. The maximum atomic E-state index is 16.1. The van der Waals surface area contributed by atoms with Crippen molar-refractivity contribution >= 4 is 27.5 Å². The van der Waals surface area contributed by atoms with Crippen LogP contribution in [0.25, 0.3) is 32.9 Å². The number of hydrogen-bond donors (Lipinski definition) is 2. The first-order valence-corrected chi connectivity index (χ1v) is 11.6. The summed E-state index contributed by atoms with van der Waals surface area (Å²) in [5.74, 6) is -0.685. The first-order chi connectivity index (χ1) is 16.8. The van der Waals surface area contributed by atoms with Crippen molar-refractivity contribution in [2.75, 3.05) is 25.1 Å². The number of nitrogens with zero attached hydrogens (tertiary/aromatic N) is 4. The van der Waals surface area contributed by atoms with Crippen LogP contribution in [0.15, 0.2) is 30.5 Å². The van der Waals surface area contributed by atoms with Gasteiger partial charge in [0.1, 0.15) is 28.6 Å². The quantitative estimate of drug-likeness (QED) is 0.450. The molecule has 0 amide bonds. The highest BCUT2D eigenvalue weighted by Crippen LogP contribution is 2.50. The molecule has 7 nitrogen and oxygen atoms in total. The summed E-state index contributed by atoms with van der Waals surface area (Å²) >= 11 is 0. The van der Waals surface area contributed by atoms with Crippen molar-refractivity contribution in [2.24, 2.45) is 5.41 Å². The number of rotatable bonds is 4. The van der Waals surface area contributed by atoms with Crippen LogP contribution in [0.1, 0.15) is 25.3 Å². The maximum Gasteiger partial charge on any atom is 0.318 e. The van der Waals surface area contributed by atoms with E-state index in [2.05, 4.69) is 15.0 Å². The van der Waals surface area contributed by atoms with E-state index in [1.54, 1.807) is 6.07 Å². The molecule has 1 unspecified atom stereocenters. The number of anilines is 1. The van der Waals surface area contributed by atoms with Gasteiger partial charge in [0.2, 0.25) is 0 Å². The van der Waals surface area contributed by atoms with Crippen molar-refractivity contribution in [3.05, 3.63) is 47.7 Å². The molecule has 9 heteroatoms. The first-order valence-electron chi connectivity index (χ1n) is 11.6. The zero-order valence-corrected chi connectivity index (χ0v) is 19.3. The highest BCUT2D eigenvalue weighted by molar-refractivity contribution is 6.01. The molecule has 1 aliphatic carbocycles. The summed E-state index contributed by atoms with van der Waals surface area (Å²) in [6, 6.07) is 5.84. The zero-order chi connectivity index (χ0) is 24.5. The minimum atomic E-state index is -0.707. The van der Waals surface area contributed by atoms with Crippen LogP contribution in [0.5, 0.6) is 11.8 Å². The lowest BCUT2D eigenvalue weighted by atomic mass is 9.61. The zero-order valence-electron chi connectivity index (χ0n) is 19.3. The number of aromatic hydroxyl groups is 1. The Morgan fingerprint density at radius 2 is 2.00 bits per heavy atom. The molecular formula is C26H24F2N4O3. The second kappa shape index (κ2) is 7.71. The number of methoxy groups -OCH3 is 1. The Morgan fingerprint density at radius 3 is 2.66 bits per heavy atom. The molecule has 1 spiro atoms. The molecule has 4 aromatic rings. The molecule has 6 rings (SSSR count). The van der Waals surface area contributed by atoms with Gasteiger partial charge in [0, 0.05) is 30.3 Å². The minimum Gasteiger partial charge on any atom is -0.508 e. The molecule has 35 heavy (non-hydrogen) atoms. The number of aliphatic hydroxyl groups is 1. The number of halogens is 2. The summed E-state index contributed by atoms with van der Waals surface area (Å²) in [6.45, 7) is 3.05. The lowest BCUT2D eigenvalue weighted by molar-refractivity contribution is -0.0824. The smallest absolute Gasteiger partial charge is 0.318 e. The molecule has 2 aromatic carbocycles. The van der Waals surface area contributed by atoms with E-state index in [0.29, 0.717) is 47.1 Å². The van der Waals surface area contributed by atoms with Crippen LogP contribution in [0.4, 0.5) is 14.6 Å². The average Bonchev–Trinajstić information content (AvgIpc) is 2.82. The van der Waals surface area contributed by atoms with Crippen LogP contribution in [-0.2, 0) is 6.42 Å². The molecule has 1 saturated heterocycles. The van der Waals surface area contributed by atoms with Gasteiger partial charge in [0.15, 0.2) is 5.82 Å². The molecule has 3 heterocycles. The summed E-state index contributed by atoms with van der Waals surface area (Å²) in [6.07, 6.45) is 3.30. The monoisotopic (exact) mass is 478 g/mol. The van der Waals surface area contributed by atoms with Gasteiger partial charge in [0.05, 0.1) is 18.6 Å². The van der Waals surface area contributed by atoms with Gasteiger partial charge in [-0.05, 0) is 53.8 Å². The van der Waals surface area contributed by atoms with E-state index in [0.717, 1.165) is 12.8 Å². The number of hydrogen-bond acceptors (Lipinski definition) is 7. The van der Waals surface area contributed by atoms with E-state index in [1.165, 1.54) is 31.5 Å². The van der Waals surface area contributed by atoms with Gasteiger partial charge in [-0.1, -0.05) is 13.0 Å². The largest absolute Gasteiger partial charge is 0.508 e. The number of benzene rings is 2. The van der Waals surface area contributed by atoms with Gasteiger partial charge in [0.25, 0.3) is 0 Å². The van der Waals surface area contributed by atoms with Gasteiger partial charge in [-0.15, -0.1) is 0 Å². The Kier molecular flexibility index (Phi) is 4.83. The fourth-order valence-electron chi connectivity index (χ4n) is 5.49. The molecular weight excluding hydrogens is 454 g/mol. The Labute approximate surface area is 200 Å². The summed E-state index contributed by atoms with van der Waals surface area (Å²) in [7, 11) is 1.41. The first kappa shape index (κ1) is 21.9. The molecule has 2 aliphatic rings. The van der Waals surface area contributed by atoms with Gasteiger partial charge < -0.3 is 19.8 Å². The van der Waals surface area contributed by atoms with Crippen molar-refractivity contribution in [1.29, 1.82) is 0 Å². The Bertz CT molecular complexity index is 1500.